The molecular weight excluding hydrogens is 766 g/mol. The Morgan fingerprint density at radius 2 is 1.57 bits per heavy atom. The van der Waals surface area contributed by atoms with Gasteiger partial charge in [-0.1, -0.05) is 13.8 Å². The van der Waals surface area contributed by atoms with Gasteiger partial charge in [0.15, 0.2) is 6.10 Å². The van der Waals surface area contributed by atoms with Crippen LogP contribution in [-0.4, -0.2) is 24.0 Å². The summed E-state index contributed by atoms with van der Waals surface area (Å²) in [5, 5.41) is 10.7. The summed E-state index contributed by atoms with van der Waals surface area (Å²) in [4.78, 5) is 23.1. The van der Waals surface area contributed by atoms with Crippen LogP contribution in [0.2, 0.25) is 0 Å². The fourth-order valence-corrected chi connectivity index (χ4v) is 5.24. The monoisotopic (exact) mass is 775 g/mol. The minimum Gasteiger partial charge on any atom is -0.544 e. The average molecular weight is 775 g/mol. The molecule has 1 atom stereocenters. The van der Waals surface area contributed by atoms with Crippen LogP contribution in [0.3, 0.4) is 0 Å². The molecule has 0 aliphatic carbocycles. The lowest BCUT2D eigenvalue weighted by Gasteiger charge is -2.30. The summed E-state index contributed by atoms with van der Waals surface area (Å²) in [5.74, 6) is -8.71. The SMILES string of the molecule is CC(C)C(OC(=O)c1c(I)c(I)cc(I)c1I)C(F)(F)C(=O)[O-]. The van der Waals surface area contributed by atoms with Crippen LogP contribution in [0, 0.1) is 20.2 Å². The Bertz CT molecular complexity index is 623. The van der Waals surface area contributed by atoms with Crippen LogP contribution in [0.1, 0.15) is 24.2 Å². The Labute approximate surface area is 186 Å². The second kappa shape index (κ2) is 8.55. The van der Waals surface area contributed by atoms with Gasteiger partial charge in [0.2, 0.25) is 0 Å². The van der Waals surface area contributed by atoms with Gasteiger partial charge in [0, 0.05) is 14.3 Å². The number of esters is 1. The quantitative estimate of drug-likeness (QED) is 0.261. The lowest BCUT2D eigenvalue weighted by molar-refractivity contribution is -0.337. The third-order valence-electron chi connectivity index (χ3n) is 2.78. The minimum atomic E-state index is -4.27. The standard InChI is InChI=1S/C13H10F2I4O4/c1-4(2)10(13(14,15)12(21)22)23-11(20)7-8(18)5(16)3-6(17)9(7)19/h3-4,10H,1-2H3,(H,21,22)/p-1. The number of carbonyl (C=O) groups is 2. The van der Waals surface area contributed by atoms with E-state index in [0.29, 0.717) is 7.14 Å². The van der Waals surface area contributed by atoms with E-state index < -0.39 is 29.9 Å². The number of carboxylic acids is 1. The van der Waals surface area contributed by atoms with Crippen molar-refractivity contribution in [1.82, 2.24) is 0 Å². The second-order valence-corrected chi connectivity index (χ2v) is 9.31. The van der Waals surface area contributed by atoms with Crippen molar-refractivity contribution in [3.05, 3.63) is 25.9 Å². The number of carboxylic acid groups (broad SMARTS) is 1. The van der Waals surface area contributed by atoms with Crippen molar-refractivity contribution in [2.24, 2.45) is 5.92 Å². The van der Waals surface area contributed by atoms with Crippen LogP contribution in [-0.2, 0) is 9.53 Å². The van der Waals surface area contributed by atoms with Crippen molar-refractivity contribution < 1.29 is 28.2 Å². The molecule has 0 N–H and O–H groups in total. The molecule has 1 unspecified atom stereocenters. The number of hydrogen-bond acceptors (Lipinski definition) is 4. The van der Waals surface area contributed by atoms with E-state index in [9.17, 15) is 23.5 Å². The maximum absolute atomic E-state index is 13.8. The molecule has 0 saturated heterocycles. The number of ether oxygens (including phenoxy) is 1. The Morgan fingerprint density at radius 1 is 1.13 bits per heavy atom. The van der Waals surface area contributed by atoms with Crippen molar-refractivity contribution >= 4 is 102 Å². The molecule has 0 heterocycles. The zero-order chi connectivity index (χ0) is 18.1. The van der Waals surface area contributed by atoms with Crippen LogP contribution in [0.25, 0.3) is 0 Å². The summed E-state index contributed by atoms with van der Waals surface area (Å²) < 4.78 is 35.0. The molecular formula is C13H9F2I4O4-. The lowest BCUT2D eigenvalue weighted by Crippen LogP contribution is -2.53. The molecule has 1 rings (SSSR count). The highest BCUT2D eigenvalue weighted by atomic mass is 127. The van der Waals surface area contributed by atoms with Gasteiger partial charge < -0.3 is 14.6 Å². The van der Waals surface area contributed by atoms with Gasteiger partial charge in [0.1, 0.15) is 5.97 Å². The molecule has 128 valence electrons. The molecule has 0 bridgehead atoms. The van der Waals surface area contributed by atoms with E-state index in [0.717, 1.165) is 7.14 Å². The van der Waals surface area contributed by atoms with Crippen LogP contribution in [0.4, 0.5) is 8.78 Å². The van der Waals surface area contributed by atoms with Crippen LogP contribution >= 0.6 is 90.4 Å². The van der Waals surface area contributed by atoms with E-state index in [-0.39, 0.29) is 5.56 Å². The molecule has 0 amide bonds. The number of carbonyl (C=O) groups excluding carboxylic acids is 2. The van der Waals surface area contributed by atoms with Gasteiger partial charge in [-0.3, -0.25) is 0 Å². The molecule has 0 aliphatic heterocycles. The molecule has 4 nitrogen and oxygen atoms in total. The number of halogens is 6. The van der Waals surface area contributed by atoms with Gasteiger partial charge in [-0.2, -0.15) is 8.78 Å². The Hall–Kier alpha value is 0.940. The number of alkyl halides is 2. The summed E-state index contributed by atoms with van der Waals surface area (Å²) in [5.41, 5.74) is 0.155. The van der Waals surface area contributed by atoms with Gasteiger partial charge in [-0.15, -0.1) is 0 Å². The number of benzene rings is 1. The maximum atomic E-state index is 13.8. The number of aliphatic carboxylic acids is 1. The van der Waals surface area contributed by atoms with Crippen molar-refractivity contribution in [3.8, 4) is 0 Å². The average Bonchev–Trinajstić information content (AvgIpc) is 2.42. The number of hydrogen-bond donors (Lipinski definition) is 0. The van der Waals surface area contributed by atoms with Gasteiger partial charge in [-0.25, -0.2) is 4.79 Å². The first-order chi connectivity index (χ1) is 10.4. The zero-order valence-electron chi connectivity index (χ0n) is 11.6. The van der Waals surface area contributed by atoms with Crippen LogP contribution < -0.4 is 5.11 Å². The number of rotatable bonds is 5. The van der Waals surface area contributed by atoms with E-state index in [2.05, 4.69) is 0 Å². The van der Waals surface area contributed by atoms with E-state index in [1.807, 2.05) is 96.4 Å². The summed E-state index contributed by atoms with van der Waals surface area (Å²) in [6.45, 7) is 2.70. The Balaban J connectivity index is 3.28. The summed E-state index contributed by atoms with van der Waals surface area (Å²) in [6.07, 6.45) is -2.11. The Morgan fingerprint density at radius 3 is 1.91 bits per heavy atom. The van der Waals surface area contributed by atoms with Gasteiger partial charge in [0.25, 0.3) is 0 Å². The van der Waals surface area contributed by atoms with Crippen LogP contribution in [0.15, 0.2) is 6.07 Å². The van der Waals surface area contributed by atoms with Crippen molar-refractivity contribution in [2.75, 3.05) is 0 Å². The molecule has 0 saturated carbocycles. The van der Waals surface area contributed by atoms with Crippen LogP contribution in [0.5, 0.6) is 0 Å². The second-order valence-electron chi connectivity index (χ2n) is 4.82. The minimum absolute atomic E-state index is 0.155. The third-order valence-corrected chi connectivity index (χ3v) is 8.79. The molecule has 0 radical (unpaired) electrons. The normalized spacial score (nSPS) is 13.1. The van der Waals surface area contributed by atoms with Gasteiger partial charge in [-0.05, 0) is 102 Å². The lowest BCUT2D eigenvalue weighted by atomic mass is 10.0. The van der Waals surface area contributed by atoms with E-state index in [1.165, 1.54) is 13.8 Å². The predicted octanol–water partition coefficient (Wildman–Crippen LogP) is 3.67. The Kier molecular flexibility index (Phi) is 8.17. The van der Waals surface area contributed by atoms with E-state index in [1.54, 1.807) is 0 Å². The highest BCUT2D eigenvalue weighted by Gasteiger charge is 2.46. The largest absolute Gasteiger partial charge is 0.544 e. The first-order valence-corrected chi connectivity index (χ1v) is 10.4. The molecule has 10 heteroatoms. The highest BCUT2D eigenvalue weighted by Crippen LogP contribution is 2.32. The first kappa shape index (κ1) is 22.0. The first-order valence-electron chi connectivity index (χ1n) is 6.04. The molecule has 0 aliphatic rings. The van der Waals surface area contributed by atoms with Crippen molar-refractivity contribution in [1.29, 1.82) is 0 Å². The fourth-order valence-electron chi connectivity index (χ4n) is 1.67. The van der Waals surface area contributed by atoms with Crippen molar-refractivity contribution in [2.45, 2.75) is 25.9 Å². The fraction of sp³-hybridized carbons (Fsp3) is 0.385. The summed E-state index contributed by atoms with van der Waals surface area (Å²) >= 11 is 7.90. The molecule has 0 spiro atoms. The van der Waals surface area contributed by atoms with Gasteiger partial charge >= 0.3 is 11.9 Å². The molecule has 0 aromatic heterocycles. The predicted molar refractivity (Wildman–Crippen MR) is 111 cm³/mol. The topological polar surface area (TPSA) is 66.4 Å². The zero-order valence-corrected chi connectivity index (χ0v) is 20.3. The molecule has 1 aromatic carbocycles. The highest BCUT2D eigenvalue weighted by molar-refractivity contribution is 14.1. The summed E-state index contributed by atoms with van der Waals surface area (Å²) in [6, 6.07) is 1.84. The summed E-state index contributed by atoms with van der Waals surface area (Å²) in [7, 11) is 0. The third kappa shape index (κ3) is 4.98. The smallest absolute Gasteiger partial charge is 0.340 e. The maximum Gasteiger partial charge on any atom is 0.340 e. The molecule has 23 heavy (non-hydrogen) atoms. The molecule has 0 fully saturated rings. The van der Waals surface area contributed by atoms with E-state index >= 15 is 0 Å². The molecule has 1 aromatic rings. The van der Waals surface area contributed by atoms with E-state index in [4.69, 9.17) is 4.74 Å². The van der Waals surface area contributed by atoms with Gasteiger partial charge in [0.05, 0.1) is 5.56 Å². The van der Waals surface area contributed by atoms with Crippen molar-refractivity contribution in [3.63, 3.8) is 0 Å².